The van der Waals surface area contributed by atoms with Crippen LogP contribution in [0, 0.1) is 6.92 Å². The van der Waals surface area contributed by atoms with Gasteiger partial charge in [0.05, 0.1) is 17.4 Å². The minimum atomic E-state index is 0.00735. The van der Waals surface area contributed by atoms with Gasteiger partial charge in [-0.3, -0.25) is 4.79 Å². The number of fused-ring (bicyclic) bond motifs is 1. The molecular formula is C19H20N2O2. The second kappa shape index (κ2) is 5.30. The smallest absolute Gasteiger partial charge is 0.163 e. The number of rotatable bonds is 1. The number of carbonyl (C=O) groups excluding carboxylic acids is 1. The molecule has 0 radical (unpaired) electrons. The second-order valence-corrected chi connectivity index (χ2v) is 6.41. The van der Waals surface area contributed by atoms with Crippen molar-refractivity contribution in [3.8, 4) is 0 Å². The van der Waals surface area contributed by atoms with Crippen molar-refractivity contribution < 1.29 is 9.21 Å². The number of nitrogens with one attached hydrogen (secondary N) is 2. The third kappa shape index (κ3) is 2.44. The van der Waals surface area contributed by atoms with Crippen molar-refractivity contribution in [2.45, 2.75) is 38.6 Å². The van der Waals surface area contributed by atoms with Gasteiger partial charge in [-0.05, 0) is 44.5 Å². The van der Waals surface area contributed by atoms with E-state index >= 15 is 0 Å². The van der Waals surface area contributed by atoms with E-state index in [-0.39, 0.29) is 17.7 Å². The number of ketones is 1. The average Bonchev–Trinajstić information content (AvgIpc) is 2.88. The quantitative estimate of drug-likeness (QED) is 0.828. The number of allylic oxidation sites excluding steroid dienone is 1. The van der Waals surface area contributed by atoms with Gasteiger partial charge in [-0.25, -0.2) is 0 Å². The van der Waals surface area contributed by atoms with Crippen molar-refractivity contribution in [1.82, 2.24) is 0 Å². The Morgan fingerprint density at radius 3 is 2.61 bits per heavy atom. The SMILES string of the molecule is Cc1ccc([C@H]2CC(=O)C3=C(C2)Nc2ccccc2N[C@@H]3C)o1. The highest BCUT2D eigenvalue weighted by molar-refractivity contribution is 6.00. The molecule has 4 nitrogen and oxygen atoms in total. The normalized spacial score (nSPS) is 23.5. The summed E-state index contributed by atoms with van der Waals surface area (Å²) >= 11 is 0. The number of carbonyl (C=O) groups is 1. The molecule has 2 atom stereocenters. The van der Waals surface area contributed by atoms with Gasteiger partial charge >= 0.3 is 0 Å². The number of Topliss-reactive ketones (excluding diaryl/α,β-unsaturated/α-hetero) is 1. The van der Waals surface area contributed by atoms with Crippen LogP contribution in [0.5, 0.6) is 0 Å². The summed E-state index contributed by atoms with van der Waals surface area (Å²) in [6.45, 7) is 3.99. The number of para-hydroxylation sites is 2. The number of hydrogen-bond acceptors (Lipinski definition) is 4. The first-order valence-electron chi connectivity index (χ1n) is 8.07. The van der Waals surface area contributed by atoms with E-state index in [1.807, 2.05) is 50.2 Å². The third-order valence-corrected chi connectivity index (χ3v) is 4.69. The summed E-state index contributed by atoms with van der Waals surface area (Å²) < 4.78 is 5.76. The van der Waals surface area contributed by atoms with Gasteiger partial charge < -0.3 is 15.1 Å². The van der Waals surface area contributed by atoms with Crippen molar-refractivity contribution in [3.63, 3.8) is 0 Å². The Bertz CT molecular complexity index is 803. The lowest BCUT2D eigenvalue weighted by atomic mass is 9.82. The van der Waals surface area contributed by atoms with E-state index in [4.69, 9.17) is 4.42 Å². The fourth-order valence-electron chi connectivity index (χ4n) is 3.61. The van der Waals surface area contributed by atoms with E-state index < -0.39 is 0 Å². The van der Waals surface area contributed by atoms with Crippen LogP contribution in [0.3, 0.4) is 0 Å². The molecule has 4 heteroatoms. The van der Waals surface area contributed by atoms with Gasteiger partial charge in [0.25, 0.3) is 0 Å². The van der Waals surface area contributed by atoms with Gasteiger partial charge in [-0.15, -0.1) is 0 Å². The van der Waals surface area contributed by atoms with Crippen LogP contribution in [0.25, 0.3) is 0 Å². The number of aryl methyl sites for hydroxylation is 1. The highest BCUT2D eigenvalue weighted by Crippen LogP contribution is 2.40. The molecule has 2 aromatic rings. The van der Waals surface area contributed by atoms with Crippen LogP contribution in [0.1, 0.15) is 37.2 Å². The van der Waals surface area contributed by atoms with Gasteiger partial charge in [0.2, 0.25) is 0 Å². The molecule has 0 bridgehead atoms. The summed E-state index contributed by atoms with van der Waals surface area (Å²) in [5, 5.41) is 6.93. The zero-order valence-electron chi connectivity index (χ0n) is 13.3. The summed E-state index contributed by atoms with van der Waals surface area (Å²) in [6, 6.07) is 12.0. The number of anilines is 2. The standard InChI is InChI=1S/C19H20N2O2/c1-11-7-8-18(23-11)13-9-16-19(17(22)10-13)12(2)20-14-5-3-4-6-15(14)21-16/h3-8,12-13,20-21H,9-10H2,1-2H3/t12-,13-/m1/s1. The molecule has 118 valence electrons. The molecule has 0 spiro atoms. The van der Waals surface area contributed by atoms with Gasteiger partial charge in [0.1, 0.15) is 11.5 Å². The summed E-state index contributed by atoms with van der Waals surface area (Å²) in [6.07, 6.45) is 1.31. The predicted molar refractivity (Wildman–Crippen MR) is 90.6 cm³/mol. The first-order valence-corrected chi connectivity index (χ1v) is 8.07. The Morgan fingerprint density at radius 1 is 1.09 bits per heavy atom. The molecular weight excluding hydrogens is 288 g/mol. The first kappa shape index (κ1) is 14.1. The maximum absolute atomic E-state index is 12.8. The number of furan rings is 1. The molecule has 2 aliphatic rings. The topological polar surface area (TPSA) is 54.3 Å². The Hall–Kier alpha value is -2.49. The minimum absolute atomic E-state index is 0.00735. The van der Waals surface area contributed by atoms with Crippen LogP contribution in [0.15, 0.2) is 52.1 Å². The fourth-order valence-corrected chi connectivity index (χ4v) is 3.61. The molecule has 1 aromatic heterocycles. The zero-order valence-corrected chi connectivity index (χ0v) is 13.3. The minimum Gasteiger partial charge on any atom is -0.466 e. The van der Waals surface area contributed by atoms with Crippen LogP contribution < -0.4 is 10.6 Å². The Kier molecular flexibility index (Phi) is 3.26. The van der Waals surface area contributed by atoms with E-state index in [1.54, 1.807) is 0 Å². The van der Waals surface area contributed by atoms with E-state index in [0.717, 1.165) is 40.6 Å². The Morgan fingerprint density at radius 2 is 1.87 bits per heavy atom. The molecule has 0 amide bonds. The summed E-state index contributed by atoms with van der Waals surface area (Å²) in [7, 11) is 0. The van der Waals surface area contributed by atoms with Crippen LogP contribution in [0.2, 0.25) is 0 Å². The van der Waals surface area contributed by atoms with Crippen molar-refractivity contribution >= 4 is 17.2 Å². The molecule has 1 aliphatic heterocycles. The van der Waals surface area contributed by atoms with Gasteiger partial charge in [0, 0.05) is 23.6 Å². The van der Waals surface area contributed by atoms with E-state index in [1.165, 1.54) is 0 Å². The van der Waals surface area contributed by atoms with Crippen LogP contribution >= 0.6 is 0 Å². The van der Waals surface area contributed by atoms with Crippen molar-refractivity contribution in [2.24, 2.45) is 0 Å². The number of hydrogen-bond donors (Lipinski definition) is 2. The third-order valence-electron chi connectivity index (χ3n) is 4.69. The predicted octanol–water partition coefficient (Wildman–Crippen LogP) is 4.21. The van der Waals surface area contributed by atoms with Crippen LogP contribution in [0.4, 0.5) is 11.4 Å². The largest absolute Gasteiger partial charge is 0.466 e. The molecule has 0 unspecified atom stereocenters. The molecule has 0 fully saturated rings. The lowest BCUT2D eigenvalue weighted by Gasteiger charge is -2.27. The lowest BCUT2D eigenvalue weighted by Crippen LogP contribution is -2.29. The lowest BCUT2D eigenvalue weighted by molar-refractivity contribution is -0.116. The van der Waals surface area contributed by atoms with Crippen molar-refractivity contribution in [3.05, 3.63) is 59.2 Å². The number of benzene rings is 1. The molecule has 1 aliphatic carbocycles. The monoisotopic (exact) mass is 308 g/mol. The second-order valence-electron chi connectivity index (χ2n) is 6.41. The van der Waals surface area contributed by atoms with E-state index in [0.29, 0.717) is 6.42 Å². The molecule has 0 saturated carbocycles. The maximum Gasteiger partial charge on any atom is 0.163 e. The fraction of sp³-hybridized carbons (Fsp3) is 0.316. The first-order chi connectivity index (χ1) is 11.1. The maximum atomic E-state index is 12.8. The highest BCUT2D eigenvalue weighted by Gasteiger charge is 2.34. The zero-order chi connectivity index (χ0) is 16.0. The molecule has 0 saturated heterocycles. The molecule has 1 aromatic carbocycles. The average molecular weight is 308 g/mol. The van der Waals surface area contributed by atoms with E-state index in [9.17, 15) is 4.79 Å². The van der Waals surface area contributed by atoms with Crippen molar-refractivity contribution in [2.75, 3.05) is 10.6 Å². The van der Waals surface area contributed by atoms with Gasteiger partial charge in [-0.1, -0.05) is 12.1 Å². The summed E-state index contributed by atoms with van der Waals surface area (Å²) in [5.41, 5.74) is 3.95. The highest BCUT2D eigenvalue weighted by atomic mass is 16.3. The molecule has 4 rings (SSSR count). The summed E-state index contributed by atoms with van der Waals surface area (Å²) in [5.74, 6) is 2.11. The summed E-state index contributed by atoms with van der Waals surface area (Å²) in [4.78, 5) is 12.8. The Labute approximate surface area is 135 Å². The Balaban J connectivity index is 1.72. The molecule has 2 heterocycles. The van der Waals surface area contributed by atoms with Gasteiger partial charge in [0.15, 0.2) is 5.78 Å². The van der Waals surface area contributed by atoms with Gasteiger partial charge in [-0.2, -0.15) is 0 Å². The van der Waals surface area contributed by atoms with Crippen molar-refractivity contribution in [1.29, 1.82) is 0 Å². The van der Waals surface area contributed by atoms with Crippen LogP contribution in [-0.2, 0) is 4.79 Å². The molecule has 23 heavy (non-hydrogen) atoms. The van der Waals surface area contributed by atoms with Crippen LogP contribution in [-0.4, -0.2) is 11.8 Å². The molecule has 2 N–H and O–H groups in total. The van der Waals surface area contributed by atoms with E-state index in [2.05, 4.69) is 10.6 Å².